The lowest BCUT2D eigenvalue weighted by atomic mass is 9.98. The van der Waals surface area contributed by atoms with Gasteiger partial charge in [0.25, 0.3) is 5.56 Å². The number of nitrogens with zero attached hydrogens (tertiary/aromatic N) is 2. The Morgan fingerprint density at radius 3 is 2.71 bits per heavy atom. The summed E-state index contributed by atoms with van der Waals surface area (Å²) in [5.74, 6) is 1.26. The number of benzene rings is 1. The number of nitrogens with two attached hydrogens (primary N) is 1. The summed E-state index contributed by atoms with van der Waals surface area (Å²) in [6.07, 6.45) is 2.48. The van der Waals surface area contributed by atoms with Crippen molar-refractivity contribution in [3.05, 3.63) is 51.4 Å². The summed E-state index contributed by atoms with van der Waals surface area (Å²) in [6, 6.07) is 8.31. The Balaban J connectivity index is 1.73. The molecule has 1 aliphatic heterocycles. The number of likely N-dealkylation sites (tertiary alicyclic amines) is 1. The second-order valence-electron chi connectivity index (χ2n) is 6.80. The van der Waals surface area contributed by atoms with Gasteiger partial charge in [0.2, 0.25) is 0 Å². The van der Waals surface area contributed by atoms with Gasteiger partial charge in [-0.25, -0.2) is 4.98 Å². The highest BCUT2D eigenvalue weighted by Gasteiger charge is 2.18. The lowest BCUT2D eigenvalue weighted by Crippen LogP contribution is -2.37. The van der Waals surface area contributed by atoms with E-state index < -0.39 is 0 Å². The number of nitrogens with one attached hydrogen (secondary N) is 1. The van der Waals surface area contributed by atoms with Crippen molar-refractivity contribution in [2.24, 2.45) is 11.7 Å². The number of aromatic amines is 1. The Hall–Kier alpha value is -1.98. The molecule has 1 aromatic heterocycles. The summed E-state index contributed by atoms with van der Waals surface area (Å²) in [6.45, 7) is 7.62. The fraction of sp³-hybridized carbons (Fsp3) is 0.474. The summed E-state index contributed by atoms with van der Waals surface area (Å²) < 4.78 is 0. The highest BCUT2D eigenvalue weighted by atomic mass is 16.1. The van der Waals surface area contributed by atoms with Crippen molar-refractivity contribution in [3.63, 3.8) is 0 Å². The van der Waals surface area contributed by atoms with Crippen molar-refractivity contribution >= 4 is 0 Å². The van der Waals surface area contributed by atoms with Crippen LogP contribution >= 0.6 is 0 Å². The molecule has 1 unspecified atom stereocenters. The van der Waals surface area contributed by atoms with Crippen LogP contribution in [-0.2, 0) is 6.54 Å². The van der Waals surface area contributed by atoms with Crippen LogP contribution in [0.3, 0.4) is 0 Å². The number of rotatable bonds is 4. The zero-order valence-electron chi connectivity index (χ0n) is 14.5. The standard InChI is InChI=1S/C19H26N4O/c1-13-14(2)21-18(22-19(13)24)17-7-5-15(6-8-17)11-23-9-3-4-16(10-20)12-23/h5-8,16H,3-4,9-12,20H2,1-2H3,(H,21,22,24). The van der Waals surface area contributed by atoms with E-state index in [1.165, 1.54) is 18.4 Å². The summed E-state index contributed by atoms with van der Waals surface area (Å²) in [5.41, 5.74) is 9.42. The minimum atomic E-state index is -0.0669. The van der Waals surface area contributed by atoms with Gasteiger partial charge in [-0.1, -0.05) is 24.3 Å². The quantitative estimate of drug-likeness (QED) is 0.903. The highest BCUT2D eigenvalue weighted by Crippen LogP contribution is 2.20. The summed E-state index contributed by atoms with van der Waals surface area (Å²) >= 11 is 0. The van der Waals surface area contributed by atoms with E-state index in [0.29, 0.717) is 17.3 Å². The molecule has 3 N–H and O–H groups in total. The Morgan fingerprint density at radius 2 is 2.04 bits per heavy atom. The molecule has 0 radical (unpaired) electrons. The van der Waals surface area contributed by atoms with Crippen LogP contribution in [0.25, 0.3) is 11.4 Å². The second kappa shape index (κ2) is 7.28. The minimum absolute atomic E-state index is 0.0669. The number of hydrogen-bond donors (Lipinski definition) is 2. The first-order valence-corrected chi connectivity index (χ1v) is 8.66. The van der Waals surface area contributed by atoms with E-state index in [4.69, 9.17) is 5.73 Å². The van der Waals surface area contributed by atoms with Crippen LogP contribution in [0.4, 0.5) is 0 Å². The molecule has 2 heterocycles. The third kappa shape index (κ3) is 3.74. The Bertz CT molecular complexity index is 751. The zero-order valence-corrected chi connectivity index (χ0v) is 14.5. The van der Waals surface area contributed by atoms with Crippen LogP contribution < -0.4 is 11.3 Å². The van der Waals surface area contributed by atoms with E-state index in [9.17, 15) is 4.79 Å². The number of H-pyrrole nitrogens is 1. The van der Waals surface area contributed by atoms with Crippen LogP contribution in [0, 0.1) is 19.8 Å². The van der Waals surface area contributed by atoms with Crippen LogP contribution in [0.2, 0.25) is 0 Å². The number of piperidine rings is 1. The van der Waals surface area contributed by atoms with E-state index in [-0.39, 0.29) is 5.56 Å². The molecule has 1 saturated heterocycles. The van der Waals surface area contributed by atoms with Crippen LogP contribution in [-0.4, -0.2) is 34.5 Å². The molecule has 5 nitrogen and oxygen atoms in total. The Kier molecular flexibility index (Phi) is 5.11. The third-order valence-corrected chi connectivity index (χ3v) is 4.96. The monoisotopic (exact) mass is 326 g/mol. The zero-order chi connectivity index (χ0) is 17.1. The number of hydrogen-bond acceptors (Lipinski definition) is 4. The lowest BCUT2D eigenvalue weighted by molar-refractivity contribution is 0.171. The average molecular weight is 326 g/mol. The molecule has 0 saturated carbocycles. The van der Waals surface area contributed by atoms with Crippen LogP contribution in [0.15, 0.2) is 29.1 Å². The van der Waals surface area contributed by atoms with Gasteiger partial charge < -0.3 is 10.7 Å². The molecule has 5 heteroatoms. The summed E-state index contributed by atoms with van der Waals surface area (Å²) in [5, 5.41) is 0. The molecule has 1 aromatic carbocycles. The van der Waals surface area contributed by atoms with Gasteiger partial charge in [-0.3, -0.25) is 9.69 Å². The molecular formula is C19H26N4O. The first kappa shape index (κ1) is 16.9. The first-order chi connectivity index (χ1) is 11.6. The van der Waals surface area contributed by atoms with Crippen molar-refractivity contribution in [1.29, 1.82) is 0 Å². The van der Waals surface area contributed by atoms with E-state index in [1.807, 2.05) is 19.1 Å². The highest BCUT2D eigenvalue weighted by molar-refractivity contribution is 5.55. The maximum absolute atomic E-state index is 11.9. The maximum atomic E-state index is 11.9. The molecule has 128 valence electrons. The molecular weight excluding hydrogens is 300 g/mol. The molecule has 1 fully saturated rings. The predicted octanol–water partition coefficient (Wildman–Crippen LogP) is 2.22. The molecule has 3 rings (SSSR count). The molecule has 1 atom stereocenters. The Labute approximate surface area is 142 Å². The topological polar surface area (TPSA) is 75.0 Å². The predicted molar refractivity (Wildman–Crippen MR) is 96.8 cm³/mol. The molecule has 1 aliphatic rings. The van der Waals surface area contributed by atoms with Gasteiger partial charge in [0.1, 0.15) is 5.82 Å². The van der Waals surface area contributed by atoms with Gasteiger partial charge in [0.15, 0.2) is 0 Å². The van der Waals surface area contributed by atoms with Gasteiger partial charge in [-0.2, -0.15) is 0 Å². The number of aryl methyl sites for hydroxylation is 1. The van der Waals surface area contributed by atoms with Crippen LogP contribution in [0.5, 0.6) is 0 Å². The fourth-order valence-electron chi connectivity index (χ4n) is 3.30. The third-order valence-electron chi connectivity index (χ3n) is 4.96. The molecule has 0 aliphatic carbocycles. The van der Waals surface area contributed by atoms with Crippen molar-refractivity contribution in [2.45, 2.75) is 33.2 Å². The van der Waals surface area contributed by atoms with Crippen molar-refractivity contribution in [1.82, 2.24) is 14.9 Å². The van der Waals surface area contributed by atoms with E-state index in [0.717, 1.165) is 37.4 Å². The van der Waals surface area contributed by atoms with Gasteiger partial charge in [-0.15, -0.1) is 0 Å². The fourth-order valence-corrected chi connectivity index (χ4v) is 3.30. The lowest BCUT2D eigenvalue weighted by Gasteiger charge is -2.32. The summed E-state index contributed by atoms with van der Waals surface area (Å²) in [7, 11) is 0. The van der Waals surface area contributed by atoms with Gasteiger partial charge >= 0.3 is 0 Å². The van der Waals surface area contributed by atoms with E-state index in [1.54, 1.807) is 6.92 Å². The molecule has 0 spiro atoms. The molecule has 0 bridgehead atoms. The Morgan fingerprint density at radius 1 is 1.29 bits per heavy atom. The minimum Gasteiger partial charge on any atom is -0.330 e. The maximum Gasteiger partial charge on any atom is 0.254 e. The first-order valence-electron chi connectivity index (χ1n) is 8.66. The SMILES string of the molecule is Cc1nc(-c2ccc(CN3CCCC(CN)C3)cc2)[nH]c(=O)c1C. The van der Waals surface area contributed by atoms with Crippen molar-refractivity contribution in [2.75, 3.05) is 19.6 Å². The van der Waals surface area contributed by atoms with Gasteiger partial charge in [0, 0.05) is 29.9 Å². The second-order valence-corrected chi connectivity index (χ2v) is 6.80. The summed E-state index contributed by atoms with van der Waals surface area (Å²) in [4.78, 5) is 21.7. The van der Waals surface area contributed by atoms with E-state index >= 15 is 0 Å². The normalized spacial score (nSPS) is 18.7. The molecule has 2 aromatic rings. The van der Waals surface area contributed by atoms with Gasteiger partial charge in [0.05, 0.1) is 0 Å². The average Bonchev–Trinajstić information content (AvgIpc) is 2.60. The molecule has 0 amide bonds. The smallest absolute Gasteiger partial charge is 0.254 e. The largest absolute Gasteiger partial charge is 0.330 e. The van der Waals surface area contributed by atoms with Crippen molar-refractivity contribution in [3.8, 4) is 11.4 Å². The van der Waals surface area contributed by atoms with E-state index in [2.05, 4.69) is 27.0 Å². The van der Waals surface area contributed by atoms with Crippen molar-refractivity contribution < 1.29 is 0 Å². The number of aromatic nitrogens is 2. The molecule has 24 heavy (non-hydrogen) atoms. The van der Waals surface area contributed by atoms with Crippen LogP contribution in [0.1, 0.15) is 29.7 Å². The van der Waals surface area contributed by atoms with Gasteiger partial charge in [-0.05, 0) is 51.3 Å².